The molecule has 1 fully saturated rings. The van der Waals surface area contributed by atoms with E-state index in [0.29, 0.717) is 5.92 Å². The van der Waals surface area contributed by atoms with Crippen molar-refractivity contribution in [1.82, 2.24) is 10.6 Å². The molecule has 4 nitrogen and oxygen atoms in total. The Balaban J connectivity index is 2.35. The summed E-state index contributed by atoms with van der Waals surface area (Å²) in [5.41, 5.74) is 0. The van der Waals surface area contributed by atoms with Crippen LogP contribution in [0.15, 0.2) is 0 Å². The molecule has 0 radical (unpaired) electrons. The number of carbonyl (C=O) groups is 1. The van der Waals surface area contributed by atoms with Gasteiger partial charge in [-0.05, 0) is 25.4 Å². The molecule has 0 aromatic rings. The van der Waals surface area contributed by atoms with Crippen molar-refractivity contribution in [3.63, 3.8) is 0 Å². The lowest BCUT2D eigenvalue weighted by molar-refractivity contribution is 0.180. The van der Waals surface area contributed by atoms with Gasteiger partial charge in [-0.15, -0.1) is 0 Å². The molecule has 0 bridgehead atoms. The molecule has 11 heavy (non-hydrogen) atoms. The van der Waals surface area contributed by atoms with E-state index in [4.69, 9.17) is 5.11 Å². The fourth-order valence-electron chi connectivity index (χ4n) is 1.39. The molecule has 1 heterocycles. The molecule has 1 amide bonds. The monoisotopic (exact) mass is 158 g/mol. The van der Waals surface area contributed by atoms with Crippen molar-refractivity contribution in [3.8, 4) is 0 Å². The van der Waals surface area contributed by atoms with Crippen LogP contribution >= 0.6 is 0 Å². The Morgan fingerprint density at radius 1 is 1.73 bits per heavy atom. The summed E-state index contributed by atoms with van der Waals surface area (Å²) in [6.07, 6.45) is -0.0169. The Hall–Kier alpha value is -0.770. The number of hydrogen-bond donors (Lipinski definition) is 3. The molecule has 1 rings (SSSR count). The number of rotatable bonds is 1. The van der Waals surface area contributed by atoms with Gasteiger partial charge in [0, 0.05) is 6.04 Å². The molecular formula is C7H14N2O2. The molecule has 0 spiro atoms. The SMILES string of the molecule is C[C@H]1CNCC[C@H]1NC(=O)O. The van der Waals surface area contributed by atoms with Crippen molar-refractivity contribution in [2.24, 2.45) is 5.92 Å². The van der Waals surface area contributed by atoms with E-state index in [1.165, 1.54) is 0 Å². The zero-order valence-corrected chi connectivity index (χ0v) is 6.63. The normalized spacial score (nSPS) is 31.4. The minimum Gasteiger partial charge on any atom is -0.465 e. The van der Waals surface area contributed by atoms with E-state index in [2.05, 4.69) is 10.6 Å². The van der Waals surface area contributed by atoms with Gasteiger partial charge in [-0.25, -0.2) is 4.79 Å². The summed E-state index contributed by atoms with van der Waals surface area (Å²) in [5.74, 6) is 0.403. The number of amides is 1. The van der Waals surface area contributed by atoms with Gasteiger partial charge < -0.3 is 15.7 Å². The molecule has 0 unspecified atom stereocenters. The highest BCUT2D eigenvalue weighted by Gasteiger charge is 2.21. The summed E-state index contributed by atoms with van der Waals surface area (Å²) in [4.78, 5) is 10.3. The maximum Gasteiger partial charge on any atom is 0.404 e. The van der Waals surface area contributed by atoms with E-state index in [-0.39, 0.29) is 6.04 Å². The van der Waals surface area contributed by atoms with Crippen LogP contribution in [0.25, 0.3) is 0 Å². The van der Waals surface area contributed by atoms with Crippen molar-refractivity contribution in [3.05, 3.63) is 0 Å². The van der Waals surface area contributed by atoms with Gasteiger partial charge in [0.25, 0.3) is 0 Å². The van der Waals surface area contributed by atoms with Crippen LogP contribution in [0.1, 0.15) is 13.3 Å². The van der Waals surface area contributed by atoms with Gasteiger partial charge in [0.05, 0.1) is 0 Å². The highest BCUT2D eigenvalue weighted by Crippen LogP contribution is 2.09. The second-order valence-electron chi connectivity index (χ2n) is 3.03. The van der Waals surface area contributed by atoms with Crippen LogP contribution in [0.4, 0.5) is 4.79 Å². The maximum absolute atomic E-state index is 10.3. The number of hydrogen-bond acceptors (Lipinski definition) is 2. The third kappa shape index (κ3) is 2.38. The van der Waals surface area contributed by atoms with Gasteiger partial charge in [0.2, 0.25) is 0 Å². The second-order valence-corrected chi connectivity index (χ2v) is 3.03. The minimum atomic E-state index is -0.913. The van der Waals surface area contributed by atoms with Crippen molar-refractivity contribution < 1.29 is 9.90 Å². The van der Waals surface area contributed by atoms with E-state index < -0.39 is 6.09 Å². The summed E-state index contributed by atoms with van der Waals surface area (Å²) < 4.78 is 0. The van der Waals surface area contributed by atoms with E-state index in [1.807, 2.05) is 6.92 Å². The Morgan fingerprint density at radius 3 is 3.00 bits per heavy atom. The average molecular weight is 158 g/mol. The second kappa shape index (κ2) is 3.57. The van der Waals surface area contributed by atoms with E-state index in [1.54, 1.807) is 0 Å². The van der Waals surface area contributed by atoms with Gasteiger partial charge in [-0.3, -0.25) is 0 Å². The molecule has 0 saturated carbocycles. The molecule has 1 aliphatic heterocycles. The Morgan fingerprint density at radius 2 is 2.45 bits per heavy atom. The van der Waals surface area contributed by atoms with Crippen LogP contribution in [0.3, 0.4) is 0 Å². The first-order valence-corrected chi connectivity index (χ1v) is 3.90. The van der Waals surface area contributed by atoms with Gasteiger partial charge >= 0.3 is 6.09 Å². The van der Waals surface area contributed by atoms with Crippen molar-refractivity contribution >= 4 is 6.09 Å². The third-order valence-corrected chi connectivity index (χ3v) is 2.09. The van der Waals surface area contributed by atoms with Crippen LogP contribution in [0, 0.1) is 5.92 Å². The Labute approximate surface area is 66.0 Å². The molecule has 0 aromatic heterocycles. The average Bonchev–Trinajstić information content (AvgIpc) is 1.93. The molecule has 0 aliphatic carbocycles. The molecule has 0 aromatic carbocycles. The van der Waals surface area contributed by atoms with Crippen LogP contribution in [0.5, 0.6) is 0 Å². The van der Waals surface area contributed by atoms with E-state index in [0.717, 1.165) is 19.5 Å². The molecule has 1 aliphatic rings. The predicted octanol–water partition coefficient (Wildman–Crippen LogP) is 0.252. The van der Waals surface area contributed by atoms with Gasteiger partial charge in [-0.1, -0.05) is 6.92 Å². The lowest BCUT2D eigenvalue weighted by Gasteiger charge is -2.28. The zero-order valence-electron chi connectivity index (χ0n) is 6.63. The van der Waals surface area contributed by atoms with Crippen LogP contribution in [0.2, 0.25) is 0 Å². The first-order chi connectivity index (χ1) is 5.20. The summed E-state index contributed by atoms with van der Waals surface area (Å²) in [6, 6.07) is 0.133. The lowest BCUT2D eigenvalue weighted by Crippen LogP contribution is -2.47. The number of piperidine rings is 1. The lowest BCUT2D eigenvalue weighted by atomic mass is 9.96. The summed E-state index contributed by atoms with van der Waals surface area (Å²) in [7, 11) is 0. The van der Waals surface area contributed by atoms with Crippen LogP contribution < -0.4 is 10.6 Å². The molecular weight excluding hydrogens is 144 g/mol. The predicted molar refractivity (Wildman–Crippen MR) is 41.6 cm³/mol. The molecule has 64 valence electrons. The van der Waals surface area contributed by atoms with Crippen molar-refractivity contribution in [2.45, 2.75) is 19.4 Å². The highest BCUT2D eigenvalue weighted by molar-refractivity contribution is 5.64. The zero-order chi connectivity index (χ0) is 8.27. The molecule has 1 saturated heterocycles. The van der Waals surface area contributed by atoms with Crippen molar-refractivity contribution in [2.75, 3.05) is 13.1 Å². The standard InChI is InChI=1S/C7H14N2O2/c1-5-4-8-3-2-6(5)9-7(10)11/h5-6,8-9H,2-4H2,1H3,(H,10,11)/t5-,6+/m0/s1. The van der Waals surface area contributed by atoms with Gasteiger partial charge in [-0.2, -0.15) is 0 Å². The fourth-order valence-corrected chi connectivity index (χ4v) is 1.39. The first-order valence-electron chi connectivity index (χ1n) is 3.90. The Bertz CT molecular complexity index is 149. The van der Waals surface area contributed by atoms with Gasteiger partial charge in [0.15, 0.2) is 0 Å². The first kappa shape index (κ1) is 8.33. The fraction of sp³-hybridized carbons (Fsp3) is 0.857. The summed E-state index contributed by atoms with van der Waals surface area (Å²) in [5, 5.41) is 14.2. The van der Waals surface area contributed by atoms with Crippen LogP contribution in [-0.4, -0.2) is 30.3 Å². The number of carboxylic acid groups (broad SMARTS) is 1. The molecule has 4 heteroatoms. The van der Waals surface area contributed by atoms with Crippen molar-refractivity contribution in [1.29, 1.82) is 0 Å². The minimum absolute atomic E-state index is 0.133. The molecule has 2 atom stereocenters. The summed E-state index contributed by atoms with van der Waals surface area (Å²) in [6.45, 7) is 3.87. The largest absolute Gasteiger partial charge is 0.465 e. The van der Waals surface area contributed by atoms with E-state index >= 15 is 0 Å². The van der Waals surface area contributed by atoms with Gasteiger partial charge in [0.1, 0.15) is 0 Å². The van der Waals surface area contributed by atoms with Crippen LogP contribution in [-0.2, 0) is 0 Å². The number of nitrogens with one attached hydrogen (secondary N) is 2. The topological polar surface area (TPSA) is 61.4 Å². The quantitative estimate of drug-likeness (QED) is 0.512. The summed E-state index contributed by atoms with van der Waals surface area (Å²) >= 11 is 0. The smallest absolute Gasteiger partial charge is 0.404 e. The third-order valence-electron chi connectivity index (χ3n) is 2.09. The maximum atomic E-state index is 10.3. The highest BCUT2D eigenvalue weighted by atomic mass is 16.4. The van der Waals surface area contributed by atoms with E-state index in [9.17, 15) is 4.79 Å². The molecule has 3 N–H and O–H groups in total. The Kier molecular flexibility index (Phi) is 2.70.